The Balaban J connectivity index is 1.32. The van der Waals surface area contributed by atoms with Crippen LogP contribution in [0.5, 0.6) is 0 Å². The molecule has 1 saturated heterocycles. The van der Waals surface area contributed by atoms with E-state index in [0.717, 1.165) is 42.0 Å². The fourth-order valence-corrected chi connectivity index (χ4v) is 5.96. The van der Waals surface area contributed by atoms with Crippen molar-refractivity contribution >= 4 is 33.5 Å². The Bertz CT molecular complexity index is 1030. The quantitative estimate of drug-likeness (QED) is 0.439. The number of benzene rings is 3. The van der Waals surface area contributed by atoms with Crippen molar-refractivity contribution in [2.45, 2.75) is 16.7 Å². The predicted molar refractivity (Wildman–Crippen MR) is 131 cm³/mol. The van der Waals surface area contributed by atoms with E-state index in [2.05, 4.69) is 74.3 Å². The number of halogens is 1. The summed E-state index contributed by atoms with van der Waals surface area (Å²) in [5.41, 5.74) is 5.06. The molecule has 0 bridgehead atoms. The number of rotatable bonds is 4. The number of ketones is 1. The minimum absolute atomic E-state index is 0.197. The van der Waals surface area contributed by atoms with Crippen molar-refractivity contribution in [2.24, 2.45) is 0 Å². The number of fused-ring (bicyclic) bond motifs is 2. The highest BCUT2D eigenvalue weighted by atomic mass is 79.9. The third kappa shape index (κ3) is 4.51. The Morgan fingerprint density at radius 3 is 2.32 bits per heavy atom. The fourth-order valence-electron chi connectivity index (χ4n) is 4.60. The first-order valence-electron chi connectivity index (χ1n) is 10.7. The molecule has 0 amide bonds. The normalized spacial score (nSPS) is 19.3. The number of carbonyl (C=O) groups excluding carboxylic acids is 1. The van der Waals surface area contributed by atoms with Gasteiger partial charge in [0, 0.05) is 46.9 Å². The van der Waals surface area contributed by atoms with Gasteiger partial charge in [0.05, 0.1) is 12.6 Å². The number of carbonyl (C=O) groups is 1. The van der Waals surface area contributed by atoms with Gasteiger partial charge in [-0.1, -0.05) is 70.5 Å². The highest BCUT2D eigenvalue weighted by molar-refractivity contribution is 9.10. The molecule has 2 aliphatic heterocycles. The molecule has 2 aliphatic rings. The van der Waals surface area contributed by atoms with Gasteiger partial charge in [-0.05, 0) is 34.9 Å². The van der Waals surface area contributed by atoms with E-state index < -0.39 is 0 Å². The molecule has 158 valence electrons. The number of hydrogen-bond donors (Lipinski definition) is 0. The molecule has 0 N–H and O–H groups in total. The van der Waals surface area contributed by atoms with Crippen LogP contribution in [0, 0.1) is 0 Å². The van der Waals surface area contributed by atoms with Gasteiger partial charge in [-0.3, -0.25) is 14.6 Å². The van der Waals surface area contributed by atoms with Gasteiger partial charge < -0.3 is 0 Å². The van der Waals surface area contributed by atoms with Crippen molar-refractivity contribution in [2.75, 3.05) is 32.7 Å². The van der Waals surface area contributed by atoms with Crippen LogP contribution < -0.4 is 0 Å². The first-order chi connectivity index (χ1) is 15.2. The number of nitrogens with zero attached hydrogens (tertiary/aromatic N) is 2. The van der Waals surface area contributed by atoms with Crippen LogP contribution in [0.3, 0.4) is 0 Å². The van der Waals surface area contributed by atoms with Crippen molar-refractivity contribution < 1.29 is 4.79 Å². The highest BCUT2D eigenvalue weighted by Crippen LogP contribution is 2.42. The van der Waals surface area contributed by atoms with Gasteiger partial charge in [0.1, 0.15) is 0 Å². The molecule has 1 atom stereocenters. The number of thioether (sulfide) groups is 1. The maximum atomic E-state index is 12.7. The number of hydrogen-bond acceptors (Lipinski definition) is 4. The average Bonchev–Trinajstić information content (AvgIpc) is 2.97. The van der Waals surface area contributed by atoms with Crippen LogP contribution in [0.4, 0.5) is 0 Å². The first-order valence-corrected chi connectivity index (χ1v) is 12.5. The van der Waals surface area contributed by atoms with Gasteiger partial charge in [0.25, 0.3) is 0 Å². The monoisotopic (exact) mass is 492 g/mol. The Kier molecular flexibility index (Phi) is 6.28. The molecule has 0 aliphatic carbocycles. The maximum Gasteiger partial charge on any atom is 0.176 e. The smallest absolute Gasteiger partial charge is 0.176 e. The maximum absolute atomic E-state index is 12.7. The summed E-state index contributed by atoms with van der Waals surface area (Å²) in [6, 6.07) is 25.7. The van der Waals surface area contributed by atoms with Crippen LogP contribution in [-0.4, -0.2) is 48.3 Å². The molecule has 3 aromatic carbocycles. The highest BCUT2D eigenvalue weighted by Gasteiger charge is 2.31. The summed E-state index contributed by atoms with van der Waals surface area (Å²) in [7, 11) is 0. The van der Waals surface area contributed by atoms with E-state index in [-0.39, 0.29) is 11.8 Å². The minimum Gasteiger partial charge on any atom is -0.293 e. The number of Topliss-reactive ketones (excluding diaryl/α,β-unsaturated/α-hetero) is 1. The Hall–Kier alpha value is -1.92. The van der Waals surface area contributed by atoms with Gasteiger partial charge in [-0.15, -0.1) is 11.8 Å². The van der Waals surface area contributed by atoms with Crippen LogP contribution in [0.2, 0.25) is 0 Å². The summed E-state index contributed by atoms with van der Waals surface area (Å²) in [4.78, 5) is 19.0. The fraction of sp³-hybridized carbons (Fsp3) is 0.269. The second-order valence-corrected chi connectivity index (χ2v) is 10.1. The second kappa shape index (κ2) is 9.29. The molecule has 2 heterocycles. The predicted octanol–water partition coefficient (Wildman–Crippen LogP) is 5.64. The van der Waals surface area contributed by atoms with E-state index >= 15 is 0 Å². The van der Waals surface area contributed by atoms with E-state index in [9.17, 15) is 4.79 Å². The molecule has 1 unspecified atom stereocenters. The largest absolute Gasteiger partial charge is 0.293 e. The summed E-state index contributed by atoms with van der Waals surface area (Å²) in [6.45, 7) is 4.24. The zero-order chi connectivity index (χ0) is 21.2. The van der Waals surface area contributed by atoms with Crippen molar-refractivity contribution in [1.29, 1.82) is 0 Å². The van der Waals surface area contributed by atoms with Crippen molar-refractivity contribution in [3.63, 3.8) is 0 Å². The van der Waals surface area contributed by atoms with Crippen LogP contribution in [0.1, 0.15) is 33.1 Å². The molecule has 0 spiro atoms. The average molecular weight is 493 g/mol. The zero-order valence-corrected chi connectivity index (χ0v) is 19.7. The third-order valence-electron chi connectivity index (χ3n) is 6.25. The lowest BCUT2D eigenvalue weighted by Gasteiger charge is -2.40. The van der Waals surface area contributed by atoms with Gasteiger partial charge in [-0.25, -0.2) is 0 Å². The Labute approximate surface area is 196 Å². The van der Waals surface area contributed by atoms with Crippen LogP contribution >= 0.6 is 27.7 Å². The number of piperazine rings is 1. The summed E-state index contributed by atoms with van der Waals surface area (Å²) in [6.07, 6.45) is 0. The Morgan fingerprint density at radius 1 is 0.871 bits per heavy atom. The van der Waals surface area contributed by atoms with Gasteiger partial charge >= 0.3 is 0 Å². The van der Waals surface area contributed by atoms with Crippen LogP contribution in [-0.2, 0) is 5.75 Å². The zero-order valence-electron chi connectivity index (χ0n) is 17.3. The second-order valence-electron chi connectivity index (χ2n) is 8.17. The van der Waals surface area contributed by atoms with Crippen LogP contribution in [0.15, 0.2) is 82.2 Å². The molecule has 3 nitrogen and oxygen atoms in total. The van der Waals surface area contributed by atoms with Crippen LogP contribution in [0.25, 0.3) is 0 Å². The van der Waals surface area contributed by atoms with Crippen molar-refractivity contribution in [3.8, 4) is 0 Å². The molecule has 31 heavy (non-hydrogen) atoms. The topological polar surface area (TPSA) is 23.6 Å². The SMILES string of the molecule is O=C(CN1CCN(C2c3ccccc3CSc3ccccc32)CC1)c1ccc(Br)cc1. The van der Waals surface area contributed by atoms with Crippen molar-refractivity contribution in [1.82, 2.24) is 9.80 Å². The lowest BCUT2D eigenvalue weighted by atomic mass is 9.93. The lowest BCUT2D eigenvalue weighted by Crippen LogP contribution is -2.49. The van der Waals surface area contributed by atoms with Gasteiger partial charge in [0.2, 0.25) is 0 Å². The molecule has 0 radical (unpaired) electrons. The van der Waals surface area contributed by atoms with Crippen molar-refractivity contribution in [3.05, 3.63) is 99.5 Å². The molecule has 1 fully saturated rings. The van der Waals surface area contributed by atoms with E-state index in [1.54, 1.807) is 0 Å². The summed E-state index contributed by atoms with van der Waals surface area (Å²) in [5.74, 6) is 1.22. The molecule has 5 heteroatoms. The molecular formula is C26H25BrN2OS. The standard InChI is InChI=1S/C26H25BrN2OS/c27-21-11-9-19(10-12-21)24(30)17-28-13-15-29(16-14-28)26-22-6-2-1-5-20(22)18-31-25-8-4-3-7-23(25)26/h1-12,26H,13-18H2. The summed E-state index contributed by atoms with van der Waals surface area (Å²) >= 11 is 5.38. The summed E-state index contributed by atoms with van der Waals surface area (Å²) in [5, 5.41) is 0. The molecule has 5 rings (SSSR count). The van der Waals surface area contributed by atoms with E-state index in [4.69, 9.17) is 0 Å². The third-order valence-corrected chi connectivity index (χ3v) is 7.92. The molecule has 0 saturated carbocycles. The molecule has 3 aromatic rings. The van der Waals surface area contributed by atoms with Gasteiger partial charge in [0.15, 0.2) is 5.78 Å². The minimum atomic E-state index is 0.197. The van der Waals surface area contributed by atoms with Gasteiger partial charge in [-0.2, -0.15) is 0 Å². The molecule has 0 aromatic heterocycles. The summed E-state index contributed by atoms with van der Waals surface area (Å²) < 4.78 is 1.000. The molecular weight excluding hydrogens is 468 g/mol. The van der Waals surface area contributed by atoms with E-state index in [1.807, 2.05) is 36.0 Å². The van der Waals surface area contributed by atoms with E-state index in [1.165, 1.54) is 21.6 Å². The van der Waals surface area contributed by atoms with E-state index in [0.29, 0.717) is 6.54 Å². The first kappa shape index (κ1) is 21.0. The Morgan fingerprint density at radius 2 is 1.55 bits per heavy atom. The lowest BCUT2D eigenvalue weighted by molar-refractivity contribution is 0.0805.